The van der Waals surface area contributed by atoms with Gasteiger partial charge in [-0.25, -0.2) is 9.07 Å². The van der Waals surface area contributed by atoms with Crippen molar-refractivity contribution in [2.45, 2.75) is 52.6 Å². The Hall–Kier alpha value is -2.92. The molecule has 0 bridgehead atoms. The van der Waals surface area contributed by atoms with E-state index in [0.29, 0.717) is 12.2 Å². The number of halogens is 1. The minimum Gasteiger partial charge on any atom is -0.491 e. The lowest BCUT2D eigenvalue weighted by Gasteiger charge is -2.47. The van der Waals surface area contributed by atoms with Crippen molar-refractivity contribution in [3.63, 3.8) is 0 Å². The van der Waals surface area contributed by atoms with Gasteiger partial charge in [0.25, 0.3) is 0 Å². The fraction of sp³-hybridized carbons (Fsp3) is 0.393. The maximum absolute atomic E-state index is 14.1. The third kappa shape index (κ3) is 3.78. The molecule has 5 heteroatoms. The summed E-state index contributed by atoms with van der Waals surface area (Å²) in [5, 5.41) is 16.2. The molecular formula is C28H31FN2O2. The van der Waals surface area contributed by atoms with Crippen LogP contribution in [0.25, 0.3) is 11.8 Å². The van der Waals surface area contributed by atoms with E-state index in [0.717, 1.165) is 37.1 Å². The van der Waals surface area contributed by atoms with E-state index >= 15 is 0 Å². The lowest BCUT2D eigenvalue weighted by atomic mass is 9.57. The molecule has 4 nitrogen and oxygen atoms in total. The second kappa shape index (κ2) is 8.45. The van der Waals surface area contributed by atoms with Crippen molar-refractivity contribution in [2.75, 3.05) is 6.61 Å². The van der Waals surface area contributed by atoms with Crippen molar-refractivity contribution in [2.24, 2.45) is 11.3 Å². The number of benzene rings is 2. The highest BCUT2D eigenvalue weighted by Gasteiger charge is 2.46. The van der Waals surface area contributed by atoms with Crippen molar-refractivity contribution in [3.05, 3.63) is 82.4 Å². The largest absolute Gasteiger partial charge is 0.491 e. The molecule has 0 unspecified atom stereocenters. The van der Waals surface area contributed by atoms with E-state index in [1.165, 1.54) is 22.8 Å². The molecule has 33 heavy (non-hydrogen) atoms. The quantitative estimate of drug-likeness (QED) is 0.508. The molecule has 1 N–H and O–H groups in total. The number of hydrogen-bond donors (Lipinski definition) is 1. The molecule has 2 aliphatic carbocycles. The van der Waals surface area contributed by atoms with Gasteiger partial charge in [-0.15, -0.1) is 0 Å². The van der Waals surface area contributed by atoms with Crippen LogP contribution in [-0.2, 0) is 6.42 Å². The first kappa shape index (κ1) is 21.9. The van der Waals surface area contributed by atoms with E-state index in [1.807, 2.05) is 17.8 Å². The summed E-state index contributed by atoms with van der Waals surface area (Å²) in [6.07, 6.45) is 7.38. The minimum absolute atomic E-state index is 0.0355. The molecule has 1 saturated carbocycles. The number of aromatic nitrogens is 2. The van der Waals surface area contributed by atoms with Crippen LogP contribution in [0, 0.1) is 24.1 Å². The number of aryl methyl sites for hydroxylation is 1. The molecule has 2 aliphatic rings. The van der Waals surface area contributed by atoms with Gasteiger partial charge in [0.1, 0.15) is 0 Å². The van der Waals surface area contributed by atoms with Crippen LogP contribution < -0.4 is 4.74 Å². The fourth-order valence-corrected chi connectivity index (χ4v) is 5.68. The number of aliphatic hydroxyl groups is 1. The molecule has 0 aliphatic heterocycles. The zero-order chi connectivity index (χ0) is 23.2. The first-order chi connectivity index (χ1) is 15.9. The molecule has 1 aromatic heterocycles. The van der Waals surface area contributed by atoms with Crippen molar-refractivity contribution >= 4 is 6.08 Å². The second-order valence-electron chi connectivity index (χ2n) is 9.63. The van der Waals surface area contributed by atoms with Crippen LogP contribution in [0.15, 0.2) is 54.2 Å². The monoisotopic (exact) mass is 446 g/mol. The van der Waals surface area contributed by atoms with Gasteiger partial charge in [-0.1, -0.05) is 36.3 Å². The van der Waals surface area contributed by atoms with Gasteiger partial charge in [0.2, 0.25) is 0 Å². The van der Waals surface area contributed by atoms with Crippen molar-refractivity contribution in [1.82, 2.24) is 9.78 Å². The summed E-state index contributed by atoms with van der Waals surface area (Å²) < 4.78 is 21.6. The predicted molar refractivity (Wildman–Crippen MR) is 128 cm³/mol. The summed E-state index contributed by atoms with van der Waals surface area (Å²) in [5.74, 6) is -0.154. The van der Waals surface area contributed by atoms with Gasteiger partial charge in [0.15, 0.2) is 11.6 Å². The number of fused-ring (bicyclic) bond motifs is 2. The Labute approximate surface area is 194 Å². The highest BCUT2D eigenvalue weighted by atomic mass is 19.1. The summed E-state index contributed by atoms with van der Waals surface area (Å²) in [5.41, 5.74) is 6.54. The molecule has 3 atom stereocenters. The molecule has 5 rings (SSSR count). The normalized spacial score (nSPS) is 22.8. The Bertz CT molecular complexity index is 1200. The average Bonchev–Trinajstić information content (AvgIpc) is 3.20. The summed E-state index contributed by atoms with van der Waals surface area (Å²) >= 11 is 0. The zero-order valence-electron chi connectivity index (χ0n) is 19.5. The van der Waals surface area contributed by atoms with Gasteiger partial charge in [0, 0.05) is 0 Å². The van der Waals surface area contributed by atoms with Crippen molar-refractivity contribution in [3.8, 4) is 11.4 Å². The number of ether oxygens (including phenoxy) is 1. The van der Waals surface area contributed by atoms with Crippen LogP contribution in [0.5, 0.6) is 5.75 Å². The number of allylic oxidation sites excluding steroid dienone is 1. The van der Waals surface area contributed by atoms with Crippen LogP contribution in [0.2, 0.25) is 0 Å². The van der Waals surface area contributed by atoms with Gasteiger partial charge in [-0.2, -0.15) is 5.10 Å². The molecule has 172 valence electrons. The molecule has 0 saturated heterocycles. The lowest BCUT2D eigenvalue weighted by molar-refractivity contribution is 0.0215. The zero-order valence-corrected chi connectivity index (χ0v) is 19.5. The number of nitrogens with zero attached hydrogens (tertiary/aromatic N) is 2. The van der Waals surface area contributed by atoms with E-state index in [-0.39, 0.29) is 17.1 Å². The van der Waals surface area contributed by atoms with Crippen LogP contribution in [0.3, 0.4) is 0 Å². The Morgan fingerprint density at radius 1 is 1.24 bits per heavy atom. The maximum atomic E-state index is 14.1. The molecule has 2 aromatic carbocycles. The van der Waals surface area contributed by atoms with Crippen molar-refractivity contribution < 1.29 is 14.2 Å². The molecule has 1 fully saturated rings. The second-order valence-corrected chi connectivity index (χ2v) is 9.63. The molecule has 3 aromatic rings. The third-order valence-corrected chi connectivity index (χ3v) is 7.52. The molecule has 0 amide bonds. The van der Waals surface area contributed by atoms with E-state index in [2.05, 4.69) is 44.2 Å². The highest BCUT2D eigenvalue weighted by Crippen LogP contribution is 2.55. The smallest absolute Gasteiger partial charge is 0.165 e. The maximum Gasteiger partial charge on any atom is 0.165 e. The number of aliphatic hydroxyl groups excluding tert-OH is 1. The molecule has 0 radical (unpaired) electrons. The summed E-state index contributed by atoms with van der Waals surface area (Å²) in [4.78, 5) is 0. The van der Waals surface area contributed by atoms with Crippen LogP contribution in [-0.4, -0.2) is 21.5 Å². The van der Waals surface area contributed by atoms with E-state index in [1.54, 1.807) is 12.1 Å². The minimum atomic E-state index is -0.688. The van der Waals surface area contributed by atoms with Gasteiger partial charge in [0.05, 0.1) is 30.3 Å². The molecule has 0 spiro atoms. The Balaban J connectivity index is 1.49. The Kier molecular flexibility index (Phi) is 5.61. The molecule has 1 heterocycles. The van der Waals surface area contributed by atoms with Crippen molar-refractivity contribution in [1.29, 1.82) is 0 Å². The number of rotatable bonds is 5. The van der Waals surface area contributed by atoms with Gasteiger partial charge in [-0.3, -0.25) is 0 Å². The van der Waals surface area contributed by atoms with Gasteiger partial charge >= 0.3 is 0 Å². The summed E-state index contributed by atoms with van der Waals surface area (Å²) in [6, 6.07) is 13.2. The van der Waals surface area contributed by atoms with Gasteiger partial charge < -0.3 is 9.84 Å². The summed E-state index contributed by atoms with van der Waals surface area (Å²) in [6.45, 7) is 6.57. The highest BCUT2D eigenvalue weighted by molar-refractivity contribution is 5.61. The summed E-state index contributed by atoms with van der Waals surface area (Å²) in [7, 11) is 0. The first-order valence-electron chi connectivity index (χ1n) is 11.9. The Morgan fingerprint density at radius 2 is 2.03 bits per heavy atom. The predicted octanol–water partition coefficient (Wildman–Crippen LogP) is 6.20. The van der Waals surface area contributed by atoms with E-state index in [9.17, 15) is 9.50 Å². The number of hydrogen-bond acceptors (Lipinski definition) is 3. The Morgan fingerprint density at radius 3 is 2.79 bits per heavy atom. The lowest BCUT2D eigenvalue weighted by Crippen LogP contribution is -2.40. The van der Waals surface area contributed by atoms with E-state index < -0.39 is 11.9 Å². The third-order valence-electron chi connectivity index (χ3n) is 7.52. The topological polar surface area (TPSA) is 47.3 Å². The van der Waals surface area contributed by atoms with Crippen LogP contribution >= 0.6 is 0 Å². The van der Waals surface area contributed by atoms with Crippen LogP contribution in [0.1, 0.15) is 61.6 Å². The van der Waals surface area contributed by atoms with E-state index in [4.69, 9.17) is 9.84 Å². The standard InChI is InChI=1S/C28H31FN2O2/c1-4-33-26-14-19(10-13-24(26)29)27(32)23-7-5-6-21-15-25-20(16-28(21,23)3)17-30-31(25)22-11-8-18(2)9-12-22/h8-15,17,23,27,32H,4-7,16H2,1-3H3/t23-,27+,28+/m1/s1. The van der Waals surface area contributed by atoms with Gasteiger partial charge in [-0.05, 0) is 92.3 Å². The molecular weight excluding hydrogens is 415 g/mol. The fourth-order valence-electron chi connectivity index (χ4n) is 5.68. The average molecular weight is 447 g/mol. The first-order valence-corrected chi connectivity index (χ1v) is 11.9. The SMILES string of the molecule is CCOc1cc([C@H](O)[C@H]2CCCC3=Cc4c(cnn4-c4ccc(C)cc4)C[C@@]32C)ccc1F. The van der Waals surface area contributed by atoms with Crippen LogP contribution in [0.4, 0.5) is 4.39 Å².